The molecule has 1 aromatic carbocycles. The third-order valence-electron chi connectivity index (χ3n) is 3.85. The summed E-state index contributed by atoms with van der Waals surface area (Å²) in [6, 6.07) is 0.531. The maximum Gasteiger partial charge on any atom is 0.417 e. The number of hydrogen-bond donors (Lipinski definition) is 3. The van der Waals surface area contributed by atoms with Crippen molar-refractivity contribution in [2.45, 2.75) is 31.6 Å². The smallest absolute Gasteiger partial charge is 0.334 e. The van der Waals surface area contributed by atoms with E-state index in [9.17, 15) is 31.2 Å². The summed E-state index contributed by atoms with van der Waals surface area (Å²) in [5.41, 5.74) is -1.23. The number of benzene rings is 1. The maximum absolute atomic E-state index is 12.8. The van der Waals surface area contributed by atoms with Crippen molar-refractivity contribution in [1.82, 2.24) is 10.6 Å². The van der Waals surface area contributed by atoms with Gasteiger partial charge in [0.1, 0.15) is 6.04 Å². The van der Waals surface area contributed by atoms with Gasteiger partial charge in [-0.1, -0.05) is 11.6 Å². The average Bonchev–Trinajstić information content (AvgIpc) is 2.86. The lowest BCUT2D eigenvalue weighted by molar-refractivity contribution is -0.137. The largest absolute Gasteiger partial charge is 0.417 e. The molecule has 1 unspecified atom stereocenters. The van der Waals surface area contributed by atoms with E-state index in [1.165, 1.54) is 13.0 Å². The zero-order valence-electron chi connectivity index (χ0n) is 14.1. The molecular weight excluding hydrogens is 411 g/mol. The van der Waals surface area contributed by atoms with Crippen LogP contribution in [0.4, 0.5) is 23.7 Å². The van der Waals surface area contributed by atoms with Gasteiger partial charge in [0.25, 0.3) is 0 Å². The van der Waals surface area contributed by atoms with Crippen LogP contribution in [0.3, 0.4) is 0 Å². The summed E-state index contributed by atoms with van der Waals surface area (Å²) in [6.07, 6.45) is -4.40. The molecule has 0 aliphatic carbocycles. The summed E-state index contributed by atoms with van der Waals surface area (Å²) in [5, 5.41) is 6.51. The summed E-state index contributed by atoms with van der Waals surface area (Å²) in [4.78, 5) is 23.9. The zero-order valence-corrected chi connectivity index (χ0v) is 15.6. The molecule has 3 amide bonds. The van der Waals surface area contributed by atoms with Crippen LogP contribution in [0.5, 0.6) is 0 Å². The van der Waals surface area contributed by atoms with E-state index in [0.717, 1.165) is 6.07 Å². The molecule has 1 heterocycles. The van der Waals surface area contributed by atoms with Gasteiger partial charge in [-0.2, -0.15) is 13.2 Å². The number of nitrogens with one attached hydrogen (secondary N) is 3. The van der Waals surface area contributed by atoms with Gasteiger partial charge in [-0.05, 0) is 31.5 Å². The van der Waals surface area contributed by atoms with Crippen molar-refractivity contribution in [3.8, 4) is 0 Å². The molecule has 12 heteroatoms. The first-order valence-electron chi connectivity index (χ1n) is 7.82. The van der Waals surface area contributed by atoms with Crippen LogP contribution in [-0.4, -0.2) is 43.9 Å². The molecule has 0 bridgehead atoms. The van der Waals surface area contributed by atoms with Crippen LogP contribution in [0, 0.1) is 0 Å². The van der Waals surface area contributed by atoms with E-state index < -0.39 is 50.6 Å². The molecule has 0 radical (unpaired) electrons. The number of rotatable bonds is 4. The second-order valence-electron chi connectivity index (χ2n) is 6.12. The van der Waals surface area contributed by atoms with Crippen molar-refractivity contribution in [2.24, 2.45) is 0 Å². The molecule has 1 fully saturated rings. The van der Waals surface area contributed by atoms with Gasteiger partial charge in [-0.25, -0.2) is 13.2 Å². The van der Waals surface area contributed by atoms with Crippen LogP contribution >= 0.6 is 11.6 Å². The minimum Gasteiger partial charge on any atom is -0.334 e. The molecule has 0 spiro atoms. The number of hydrogen-bond acceptors (Lipinski definition) is 4. The molecule has 1 aliphatic rings. The molecule has 27 heavy (non-hydrogen) atoms. The van der Waals surface area contributed by atoms with Crippen molar-refractivity contribution < 1.29 is 31.2 Å². The van der Waals surface area contributed by atoms with Crippen molar-refractivity contribution in [1.29, 1.82) is 0 Å². The normalized spacial score (nSPS) is 20.0. The number of urea groups is 1. The minimum atomic E-state index is -4.68. The number of amides is 3. The molecular formula is C15H17ClF3N3O4S. The fourth-order valence-corrected chi connectivity index (χ4v) is 4.37. The number of alkyl halides is 3. The number of anilines is 1. The molecule has 150 valence electrons. The van der Waals surface area contributed by atoms with E-state index >= 15 is 0 Å². The second-order valence-corrected chi connectivity index (χ2v) is 8.76. The molecule has 3 N–H and O–H groups in total. The number of sulfone groups is 1. The SMILES string of the molecule is C[C@H](NC(=O)NC1CCS(=O)(=O)C1)C(=O)Nc1ccc(Cl)c(C(F)(F)F)c1. The first-order chi connectivity index (χ1) is 12.4. The van der Waals surface area contributed by atoms with Crippen LogP contribution in [0.25, 0.3) is 0 Å². The molecule has 2 atom stereocenters. The zero-order chi connectivity index (χ0) is 20.4. The van der Waals surface area contributed by atoms with E-state index in [2.05, 4.69) is 16.0 Å². The molecule has 1 aromatic rings. The summed E-state index contributed by atoms with van der Waals surface area (Å²) in [6.45, 7) is 1.33. The van der Waals surface area contributed by atoms with Gasteiger partial charge in [-0.3, -0.25) is 4.79 Å². The molecule has 0 aromatic heterocycles. The van der Waals surface area contributed by atoms with Crippen molar-refractivity contribution in [2.75, 3.05) is 16.8 Å². The Hall–Kier alpha value is -2.01. The first-order valence-corrected chi connectivity index (χ1v) is 10.0. The van der Waals surface area contributed by atoms with Crippen molar-refractivity contribution in [3.05, 3.63) is 28.8 Å². The van der Waals surface area contributed by atoms with Crippen molar-refractivity contribution in [3.63, 3.8) is 0 Å². The van der Waals surface area contributed by atoms with Gasteiger partial charge in [0.2, 0.25) is 5.91 Å². The Kier molecular flexibility index (Phi) is 6.25. The monoisotopic (exact) mass is 427 g/mol. The Morgan fingerprint density at radius 1 is 1.30 bits per heavy atom. The highest BCUT2D eigenvalue weighted by Crippen LogP contribution is 2.36. The number of carbonyl (C=O) groups is 2. The predicted molar refractivity (Wildman–Crippen MR) is 93.3 cm³/mol. The Balaban J connectivity index is 1.93. The molecule has 2 rings (SSSR count). The highest BCUT2D eigenvalue weighted by Gasteiger charge is 2.33. The molecule has 1 aliphatic heterocycles. The van der Waals surface area contributed by atoms with Crippen LogP contribution in [0.2, 0.25) is 5.02 Å². The van der Waals surface area contributed by atoms with E-state index in [1.54, 1.807) is 0 Å². The standard InChI is InChI=1S/C15H17ClF3N3O4S/c1-8(20-14(24)22-10-4-5-27(25,26)7-10)13(23)21-9-2-3-12(16)11(6-9)15(17,18)19/h2-3,6,8,10H,4-5,7H2,1H3,(H,21,23)(H2,20,22,24)/t8-,10?/m0/s1. The summed E-state index contributed by atoms with van der Waals surface area (Å²) >= 11 is 5.51. The van der Waals surface area contributed by atoms with Gasteiger partial charge in [0.05, 0.1) is 22.1 Å². The van der Waals surface area contributed by atoms with E-state index in [1.807, 2.05) is 0 Å². The van der Waals surface area contributed by atoms with Crippen LogP contribution < -0.4 is 16.0 Å². The first kappa shape index (κ1) is 21.3. The van der Waals surface area contributed by atoms with Gasteiger partial charge in [0.15, 0.2) is 9.84 Å². The van der Waals surface area contributed by atoms with E-state index in [4.69, 9.17) is 11.6 Å². The van der Waals surface area contributed by atoms with Gasteiger partial charge in [0, 0.05) is 11.7 Å². The van der Waals surface area contributed by atoms with E-state index in [0.29, 0.717) is 6.07 Å². The van der Waals surface area contributed by atoms with Crippen LogP contribution in [0.1, 0.15) is 18.9 Å². The van der Waals surface area contributed by atoms with Crippen LogP contribution in [-0.2, 0) is 20.8 Å². The number of carbonyl (C=O) groups excluding carboxylic acids is 2. The summed E-state index contributed by atoms with van der Waals surface area (Å²) < 4.78 is 61.2. The molecule has 1 saturated heterocycles. The van der Waals surface area contributed by atoms with Crippen LogP contribution in [0.15, 0.2) is 18.2 Å². The molecule has 7 nitrogen and oxygen atoms in total. The van der Waals surface area contributed by atoms with E-state index in [-0.39, 0.29) is 23.6 Å². The van der Waals surface area contributed by atoms with Crippen molar-refractivity contribution >= 4 is 39.1 Å². The lowest BCUT2D eigenvalue weighted by Gasteiger charge is -2.17. The average molecular weight is 428 g/mol. The van der Waals surface area contributed by atoms with Gasteiger partial charge < -0.3 is 16.0 Å². The van der Waals surface area contributed by atoms with Gasteiger partial charge >= 0.3 is 12.2 Å². The molecule has 0 saturated carbocycles. The third kappa shape index (κ3) is 5.99. The Bertz CT molecular complexity index is 845. The highest BCUT2D eigenvalue weighted by molar-refractivity contribution is 7.91. The third-order valence-corrected chi connectivity index (χ3v) is 5.95. The minimum absolute atomic E-state index is 0.0217. The second kappa shape index (κ2) is 7.93. The fourth-order valence-electron chi connectivity index (χ4n) is 2.47. The maximum atomic E-state index is 12.8. The summed E-state index contributed by atoms with van der Waals surface area (Å²) in [7, 11) is -3.17. The lowest BCUT2D eigenvalue weighted by Crippen LogP contribution is -2.49. The fraction of sp³-hybridized carbons (Fsp3) is 0.467. The topological polar surface area (TPSA) is 104 Å². The Morgan fingerprint density at radius 2 is 1.96 bits per heavy atom. The quantitative estimate of drug-likeness (QED) is 0.685. The lowest BCUT2D eigenvalue weighted by atomic mass is 10.2. The Morgan fingerprint density at radius 3 is 2.52 bits per heavy atom. The van der Waals surface area contributed by atoms with Gasteiger partial charge in [-0.15, -0.1) is 0 Å². The Labute approximate surface area is 158 Å². The number of halogens is 4. The summed E-state index contributed by atoms with van der Waals surface area (Å²) in [5.74, 6) is -0.947. The highest BCUT2D eigenvalue weighted by atomic mass is 35.5. The predicted octanol–water partition coefficient (Wildman–Crippen LogP) is 2.17.